The normalized spacial score (nSPS) is 10.2. The summed E-state index contributed by atoms with van der Waals surface area (Å²) in [5.74, 6) is -0.318. The molecule has 0 aliphatic carbocycles. The fourth-order valence-electron chi connectivity index (χ4n) is 1.85. The number of hydrogen-bond donors (Lipinski definition) is 1. The lowest BCUT2D eigenvalue weighted by Crippen LogP contribution is -2.06. The van der Waals surface area contributed by atoms with E-state index in [-0.39, 0.29) is 5.97 Å². The highest BCUT2D eigenvalue weighted by Crippen LogP contribution is 2.22. The zero-order valence-corrected chi connectivity index (χ0v) is 13.9. The smallest absolute Gasteiger partial charge is 0.338 e. The standard InChI is InChI=1S/C16H15BrClNO2/c1-2-21-16(20)11-4-3-5-14(9-11)19-10-12-8-13(17)6-7-15(12)18/h3-9,19H,2,10H2,1H3. The Morgan fingerprint density at radius 3 is 2.86 bits per heavy atom. The van der Waals surface area contributed by atoms with Gasteiger partial charge in [0.2, 0.25) is 0 Å². The molecule has 3 nitrogen and oxygen atoms in total. The van der Waals surface area contributed by atoms with Crippen molar-refractivity contribution in [2.45, 2.75) is 13.5 Å². The molecular weight excluding hydrogens is 354 g/mol. The number of nitrogens with one attached hydrogen (secondary N) is 1. The Balaban J connectivity index is 2.08. The molecular formula is C16H15BrClNO2. The highest BCUT2D eigenvalue weighted by molar-refractivity contribution is 9.10. The van der Waals surface area contributed by atoms with E-state index < -0.39 is 0 Å². The van der Waals surface area contributed by atoms with Gasteiger partial charge in [0.15, 0.2) is 0 Å². The van der Waals surface area contributed by atoms with E-state index >= 15 is 0 Å². The molecule has 2 aromatic rings. The molecule has 0 radical (unpaired) electrons. The van der Waals surface area contributed by atoms with E-state index in [9.17, 15) is 4.79 Å². The molecule has 1 N–H and O–H groups in total. The molecule has 0 saturated carbocycles. The van der Waals surface area contributed by atoms with Gasteiger partial charge in [0.05, 0.1) is 12.2 Å². The SMILES string of the molecule is CCOC(=O)c1cccc(NCc2cc(Br)ccc2Cl)c1. The van der Waals surface area contributed by atoms with Gasteiger partial charge in [-0.25, -0.2) is 4.79 Å². The van der Waals surface area contributed by atoms with Crippen LogP contribution in [0, 0.1) is 0 Å². The minimum absolute atomic E-state index is 0.318. The van der Waals surface area contributed by atoms with Crippen molar-refractivity contribution >= 4 is 39.2 Å². The lowest BCUT2D eigenvalue weighted by atomic mass is 10.2. The first kappa shape index (κ1) is 15.9. The third-order valence-electron chi connectivity index (χ3n) is 2.86. The maximum Gasteiger partial charge on any atom is 0.338 e. The first-order chi connectivity index (χ1) is 10.1. The highest BCUT2D eigenvalue weighted by Gasteiger charge is 2.07. The Bertz CT molecular complexity index is 646. The lowest BCUT2D eigenvalue weighted by molar-refractivity contribution is 0.0526. The van der Waals surface area contributed by atoms with Crippen LogP contribution in [0.25, 0.3) is 0 Å². The Morgan fingerprint density at radius 1 is 1.29 bits per heavy atom. The van der Waals surface area contributed by atoms with Crippen molar-refractivity contribution < 1.29 is 9.53 Å². The zero-order valence-electron chi connectivity index (χ0n) is 11.5. The van der Waals surface area contributed by atoms with E-state index in [1.807, 2.05) is 30.3 Å². The largest absolute Gasteiger partial charge is 0.462 e. The molecule has 0 fully saturated rings. The maximum absolute atomic E-state index is 11.7. The lowest BCUT2D eigenvalue weighted by Gasteiger charge is -2.10. The monoisotopic (exact) mass is 367 g/mol. The second kappa shape index (κ2) is 7.48. The summed E-state index contributed by atoms with van der Waals surface area (Å²) in [6.07, 6.45) is 0. The molecule has 0 bridgehead atoms. The summed E-state index contributed by atoms with van der Waals surface area (Å²) < 4.78 is 5.96. The van der Waals surface area contributed by atoms with Crippen LogP contribution >= 0.6 is 27.5 Å². The minimum Gasteiger partial charge on any atom is -0.462 e. The molecule has 0 aliphatic heterocycles. The third-order valence-corrected chi connectivity index (χ3v) is 3.73. The predicted molar refractivity (Wildman–Crippen MR) is 88.9 cm³/mol. The molecule has 21 heavy (non-hydrogen) atoms. The second-order valence-corrected chi connectivity index (χ2v) is 5.71. The molecule has 0 amide bonds. The van der Waals surface area contributed by atoms with E-state index in [1.165, 1.54) is 0 Å². The van der Waals surface area contributed by atoms with Crippen molar-refractivity contribution in [3.63, 3.8) is 0 Å². The number of anilines is 1. The first-order valence-electron chi connectivity index (χ1n) is 6.55. The summed E-state index contributed by atoms with van der Waals surface area (Å²) >= 11 is 9.57. The van der Waals surface area contributed by atoms with E-state index in [0.717, 1.165) is 15.7 Å². The number of hydrogen-bond acceptors (Lipinski definition) is 3. The van der Waals surface area contributed by atoms with Gasteiger partial charge in [-0.1, -0.05) is 33.6 Å². The number of halogens is 2. The topological polar surface area (TPSA) is 38.3 Å². The van der Waals surface area contributed by atoms with E-state index in [1.54, 1.807) is 19.1 Å². The number of carbonyl (C=O) groups excluding carboxylic acids is 1. The third kappa shape index (κ3) is 4.48. The van der Waals surface area contributed by atoms with Crippen molar-refractivity contribution in [1.82, 2.24) is 0 Å². The quantitative estimate of drug-likeness (QED) is 0.764. The molecule has 0 heterocycles. The molecule has 5 heteroatoms. The molecule has 2 rings (SSSR count). The molecule has 2 aromatic carbocycles. The average molecular weight is 369 g/mol. The Labute approximate surface area is 137 Å². The molecule has 0 aliphatic rings. The van der Waals surface area contributed by atoms with Crippen LogP contribution in [-0.4, -0.2) is 12.6 Å². The molecule has 0 saturated heterocycles. The molecule has 110 valence electrons. The van der Waals surface area contributed by atoms with E-state index in [4.69, 9.17) is 16.3 Å². The van der Waals surface area contributed by atoms with Gasteiger partial charge in [-0.05, 0) is 48.9 Å². The van der Waals surface area contributed by atoms with Crippen molar-refractivity contribution in [2.24, 2.45) is 0 Å². The highest BCUT2D eigenvalue weighted by atomic mass is 79.9. The van der Waals surface area contributed by atoms with Gasteiger partial charge < -0.3 is 10.1 Å². The van der Waals surface area contributed by atoms with Gasteiger partial charge in [-0.2, -0.15) is 0 Å². The maximum atomic E-state index is 11.7. The summed E-state index contributed by atoms with van der Waals surface area (Å²) in [6, 6.07) is 12.9. The van der Waals surface area contributed by atoms with Gasteiger partial charge in [0, 0.05) is 21.7 Å². The number of esters is 1. The molecule has 0 atom stereocenters. The summed E-state index contributed by atoms with van der Waals surface area (Å²) in [5, 5.41) is 3.95. The molecule has 0 aromatic heterocycles. The minimum atomic E-state index is -0.318. The van der Waals surface area contributed by atoms with Gasteiger partial charge in [-0.15, -0.1) is 0 Å². The van der Waals surface area contributed by atoms with Crippen LogP contribution < -0.4 is 5.32 Å². The van der Waals surface area contributed by atoms with Crippen LogP contribution in [0.3, 0.4) is 0 Å². The van der Waals surface area contributed by atoms with Crippen molar-refractivity contribution in [1.29, 1.82) is 0 Å². The van der Waals surface area contributed by atoms with Crippen LogP contribution in [0.4, 0.5) is 5.69 Å². The Kier molecular flexibility index (Phi) is 5.65. The Morgan fingerprint density at radius 2 is 2.10 bits per heavy atom. The van der Waals surface area contributed by atoms with Crippen LogP contribution in [-0.2, 0) is 11.3 Å². The first-order valence-corrected chi connectivity index (χ1v) is 7.72. The number of rotatable bonds is 5. The molecule has 0 spiro atoms. The van der Waals surface area contributed by atoms with Gasteiger partial charge in [-0.3, -0.25) is 0 Å². The summed E-state index contributed by atoms with van der Waals surface area (Å²) in [4.78, 5) is 11.7. The Hall–Kier alpha value is -1.52. The van der Waals surface area contributed by atoms with Crippen molar-refractivity contribution in [3.8, 4) is 0 Å². The van der Waals surface area contributed by atoms with Crippen LogP contribution in [0.5, 0.6) is 0 Å². The molecule has 0 unspecified atom stereocenters. The number of ether oxygens (including phenoxy) is 1. The van der Waals surface area contributed by atoms with Crippen molar-refractivity contribution in [3.05, 3.63) is 63.1 Å². The van der Waals surface area contributed by atoms with Gasteiger partial charge >= 0.3 is 5.97 Å². The van der Waals surface area contributed by atoms with Crippen LogP contribution in [0.1, 0.15) is 22.8 Å². The summed E-state index contributed by atoms with van der Waals surface area (Å²) in [7, 11) is 0. The number of carbonyl (C=O) groups is 1. The summed E-state index contributed by atoms with van der Waals surface area (Å²) in [5.41, 5.74) is 2.35. The zero-order chi connectivity index (χ0) is 15.2. The second-order valence-electron chi connectivity index (χ2n) is 4.39. The predicted octanol–water partition coefficient (Wildman–Crippen LogP) is 4.89. The number of benzene rings is 2. The fraction of sp³-hybridized carbons (Fsp3) is 0.188. The van der Waals surface area contributed by atoms with E-state index in [2.05, 4.69) is 21.2 Å². The van der Waals surface area contributed by atoms with Gasteiger partial charge in [0.1, 0.15) is 0 Å². The fourth-order valence-corrected chi connectivity index (χ4v) is 2.44. The van der Waals surface area contributed by atoms with Crippen LogP contribution in [0.2, 0.25) is 5.02 Å². The van der Waals surface area contributed by atoms with Crippen molar-refractivity contribution in [2.75, 3.05) is 11.9 Å². The summed E-state index contributed by atoms with van der Waals surface area (Å²) in [6.45, 7) is 2.73. The van der Waals surface area contributed by atoms with E-state index in [0.29, 0.717) is 23.7 Å². The van der Waals surface area contributed by atoms with Gasteiger partial charge in [0.25, 0.3) is 0 Å². The average Bonchev–Trinajstić information content (AvgIpc) is 2.49. The van der Waals surface area contributed by atoms with Crippen LogP contribution in [0.15, 0.2) is 46.9 Å².